The summed E-state index contributed by atoms with van der Waals surface area (Å²) in [5.41, 5.74) is 1.61. The Morgan fingerprint density at radius 3 is 2.52 bits per heavy atom. The van der Waals surface area contributed by atoms with Gasteiger partial charge in [-0.2, -0.15) is 0 Å². The van der Waals surface area contributed by atoms with Crippen LogP contribution in [0.25, 0.3) is 0 Å². The number of anilines is 2. The Balaban J connectivity index is 0.00000261. The van der Waals surface area contributed by atoms with Gasteiger partial charge in [0.2, 0.25) is 5.91 Å². The van der Waals surface area contributed by atoms with Crippen LogP contribution in [0.4, 0.5) is 11.4 Å². The molecule has 0 bridgehead atoms. The molecule has 2 unspecified atom stereocenters. The highest BCUT2D eigenvalue weighted by Gasteiger charge is 2.28. The predicted molar refractivity (Wildman–Crippen MR) is 107 cm³/mol. The molecule has 2 aromatic carbocycles. The molecule has 0 spiro atoms. The summed E-state index contributed by atoms with van der Waals surface area (Å²) >= 11 is 0. The zero-order valence-electron chi connectivity index (χ0n) is 14.7. The van der Waals surface area contributed by atoms with Crippen LogP contribution in [0.2, 0.25) is 0 Å². The van der Waals surface area contributed by atoms with E-state index < -0.39 is 22.2 Å². The summed E-state index contributed by atoms with van der Waals surface area (Å²) < 4.78 is 27.6. The smallest absolute Gasteiger partial charge is 0.261 e. The van der Waals surface area contributed by atoms with E-state index in [0.717, 1.165) is 5.56 Å². The number of amides is 1. The molecule has 1 saturated heterocycles. The van der Waals surface area contributed by atoms with Crippen LogP contribution in [0, 0.1) is 6.92 Å². The maximum Gasteiger partial charge on any atom is 0.261 e. The van der Waals surface area contributed by atoms with Gasteiger partial charge in [-0.25, -0.2) is 8.42 Å². The van der Waals surface area contributed by atoms with Crippen LogP contribution in [0.5, 0.6) is 0 Å². The summed E-state index contributed by atoms with van der Waals surface area (Å²) in [5.74, 6) is -0.262. The maximum absolute atomic E-state index is 12.5. The van der Waals surface area contributed by atoms with E-state index in [1.807, 2.05) is 0 Å². The standard InChI is InChI=1S/C18H21N3O4S.ClH/c1-12-7-8-13(20-18(23)17-10-14(22)11-19-17)9-16(12)21-26(24,25)15-5-3-2-4-6-15;/h2-9,14,17,19,21-22H,10-11H2,1H3,(H,20,23);1H. The van der Waals surface area contributed by atoms with E-state index in [-0.39, 0.29) is 23.2 Å². The van der Waals surface area contributed by atoms with Gasteiger partial charge in [-0.3, -0.25) is 9.52 Å². The van der Waals surface area contributed by atoms with E-state index in [1.165, 1.54) is 12.1 Å². The fraction of sp³-hybridized carbons (Fsp3) is 0.278. The van der Waals surface area contributed by atoms with Gasteiger partial charge in [0.15, 0.2) is 0 Å². The van der Waals surface area contributed by atoms with Gasteiger partial charge in [0, 0.05) is 12.2 Å². The number of benzene rings is 2. The molecular weight excluding hydrogens is 390 g/mol. The van der Waals surface area contributed by atoms with Crippen molar-refractivity contribution in [1.29, 1.82) is 0 Å². The van der Waals surface area contributed by atoms with Crippen molar-refractivity contribution in [2.75, 3.05) is 16.6 Å². The third-order valence-electron chi connectivity index (χ3n) is 4.23. The first kappa shape index (κ1) is 21.2. The molecular formula is C18H22ClN3O4S. The third kappa shape index (κ3) is 5.20. The largest absolute Gasteiger partial charge is 0.392 e. The molecule has 0 saturated carbocycles. The number of halogens is 1. The quantitative estimate of drug-likeness (QED) is 0.601. The molecule has 0 aliphatic carbocycles. The van der Waals surface area contributed by atoms with Crippen molar-refractivity contribution in [2.45, 2.75) is 30.4 Å². The number of hydrogen-bond acceptors (Lipinski definition) is 5. The van der Waals surface area contributed by atoms with Gasteiger partial charge in [0.25, 0.3) is 10.0 Å². The molecule has 7 nitrogen and oxygen atoms in total. The first-order chi connectivity index (χ1) is 12.3. The monoisotopic (exact) mass is 411 g/mol. The van der Waals surface area contributed by atoms with Gasteiger partial charge in [0.1, 0.15) is 0 Å². The topological polar surface area (TPSA) is 108 Å². The van der Waals surface area contributed by atoms with Crippen LogP contribution in [0.15, 0.2) is 53.4 Å². The van der Waals surface area contributed by atoms with Gasteiger partial charge in [-0.05, 0) is 43.2 Å². The van der Waals surface area contributed by atoms with Crippen molar-refractivity contribution in [3.8, 4) is 0 Å². The molecule has 2 aromatic rings. The van der Waals surface area contributed by atoms with Crippen molar-refractivity contribution in [1.82, 2.24) is 5.32 Å². The van der Waals surface area contributed by atoms with E-state index in [4.69, 9.17) is 0 Å². The van der Waals surface area contributed by atoms with Crippen LogP contribution in [0.3, 0.4) is 0 Å². The van der Waals surface area contributed by atoms with Crippen molar-refractivity contribution >= 4 is 39.7 Å². The second-order valence-corrected chi connectivity index (χ2v) is 7.97. The van der Waals surface area contributed by atoms with Crippen LogP contribution in [0.1, 0.15) is 12.0 Å². The molecule has 146 valence electrons. The lowest BCUT2D eigenvalue weighted by atomic mass is 10.1. The molecule has 1 heterocycles. The summed E-state index contributed by atoms with van der Waals surface area (Å²) in [6.45, 7) is 2.16. The van der Waals surface area contributed by atoms with E-state index in [9.17, 15) is 18.3 Å². The Bertz CT molecular complexity index is 906. The number of hydrogen-bond donors (Lipinski definition) is 4. The fourth-order valence-electron chi connectivity index (χ4n) is 2.76. The second kappa shape index (κ2) is 8.71. The van der Waals surface area contributed by atoms with Crippen LogP contribution in [-0.2, 0) is 14.8 Å². The number of sulfonamides is 1. The number of rotatable bonds is 5. The highest BCUT2D eigenvalue weighted by Crippen LogP contribution is 2.24. The van der Waals surface area contributed by atoms with Crippen LogP contribution >= 0.6 is 12.4 Å². The summed E-state index contributed by atoms with van der Waals surface area (Å²) in [6.07, 6.45) is -0.178. The van der Waals surface area contributed by atoms with Crippen LogP contribution < -0.4 is 15.4 Å². The van der Waals surface area contributed by atoms with E-state index >= 15 is 0 Å². The summed E-state index contributed by atoms with van der Waals surface area (Å²) in [6, 6.07) is 12.6. The number of β-amino-alcohol motifs (C(OH)–C–C–N with tert-alkyl or cyclic N) is 1. The Hall–Kier alpha value is -2.13. The normalized spacial score (nSPS) is 19.2. The number of aryl methyl sites for hydroxylation is 1. The molecule has 1 fully saturated rings. The number of aliphatic hydroxyl groups excluding tert-OH is 1. The van der Waals surface area contributed by atoms with Crippen molar-refractivity contribution in [2.24, 2.45) is 0 Å². The molecule has 2 atom stereocenters. The second-order valence-electron chi connectivity index (χ2n) is 6.29. The Morgan fingerprint density at radius 1 is 1.19 bits per heavy atom. The minimum absolute atomic E-state index is 0. The van der Waals surface area contributed by atoms with Gasteiger partial charge in [-0.1, -0.05) is 24.3 Å². The molecule has 0 radical (unpaired) electrons. The average Bonchev–Trinajstić information content (AvgIpc) is 3.05. The maximum atomic E-state index is 12.5. The lowest BCUT2D eigenvalue weighted by Crippen LogP contribution is -2.35. The molecule has 1 aliphatic rings. The molecule has 9 heteroatoms. The van der Waals surface area contributed by atoms with Gasteiger partial charge < -0.3 is 15.7 Å². The fourth-order valence-corrected chi connectivity index (χ4v) is 3.90. The lowest BCUT2D eigenvalue weighted by Gasteiger charge is -2.14. The number of carbonyl (C=O) groups is 1. The number of nitrogens with one attached hydrogen (secondary N) is 3. The SMILES string of the molecule is Cc1ccc(NC(=O)C2CC(O)CN2)cc1NS(=O)(=O)c1ccccc1.Cl. The first-order valence-corrected chi connectivity index (χ1v) is 9.74. The average molecular weight is 412 g/mol. The molecule has 4 N–H and O–H groups in total. The van der Waals surface area contributed by atoms with Gasteiger partial charge in [-0.15, -0.1) is 12.4 Å². The zero-order valence-corrected chi connectivity index (χ0v) is 16.3. The summed E-state index contributed by atoms with van der Waals surface area (Å²) in [7, 11) is -3.71. The third-order valence-corrected chi connectivity index (χ3v) is 5.61. The summed E-state index contributed by atoms with van der Waals surface area (Å²) in [5, 5.41) is 15.2. The highest BCUT2D eigenvalue weighted by atomic mass is 35.5. The van der Waals surface area contributed by atoms with E-state index in [0.29, 0.717) is 24.3 Å². The van der Waals surface area contributed by atoms with E-state index in [2.05, 4.69) is 15.4 Å². The summed E-state index contributed by atoms with van der Waals surface area (Å²) in [4.78, 5) is 12.4. The Kier molecular flexibility index (Phi) is 6.83. The van der Waals surface area contributed by atoms with Gasteiger partial charge >= 0.3 is 0 Å². The lowest BCUT2D eigenvalue weighted by molar-refractivity contribution is -0.117. The zero-order chi connectivity index (χ0) is 18.7. The van der Waals surface area contributed by atoms with Crippen LogP contribution in [-0.4, -0.2) is 38.1 Å². The number of aliphatic hydroxyl groups is 1. The highest BCUT2D eigenvalue weighted by molar-refractivity contribution is 7.92. The molecule has 3 rings (SSSR count). The molecule has 1 amide bonds. The Morgan fingerprint density at radius 2 is 1.89 bits per heavy atom. The molecule has 27 heavy (non-hydrogen) atoms. The van der Waals surface area contributed by atoms with Gasteiger partial charge in [0.05, 0.1) is 22.7 Å². The van der Waals surface area contributed by atoms with Crippen molar-refractivity contribution in [3.63, 3.8) is 0 Å². The minimum Gasteiger partial charge on any atom is -0.392 e. The molecule has 0 aromatic heterocycles. The minimum atomic E-state index is -3.71. The predicted octanol–water partition coefficient (Wildman–Crippen LogP) is 1.88. The van der Waals surface area contributed by atoms with E-state index in [1.54, 1.807) is 43.3 Å². The molecule has 1 aliphatic heterocycles. The van der Waals surface area contributed by atoms with Crippen molar-refractivity contribution in [3.05, 3.63) is 54.1 Å². The Labute approximate surface area is 164 Å². The van der Waals surface area contributed by atoms with Crippen molar-refractivity contribution < 1.29 is 18.3 Å². The first-order valence-electron chi connectivity index (χ1n) is 8.26. The number of carbonyl (C=O) groups excluding carboxylic acids is 1.